The molecule has 0 bridgehead atoms. The number of benzene rings is 1. The van der Waals surface area contributed by atoms with Crippen molar-refractivity contribution in [3.63, 3.8) is 0 Å². The average Bonchev–Trinajstić information content (AvgIpc) is 2.89. The zero-order valence-electron chi connectivity index (χ0n) is 15.8. The summed E-state index contributed by atoms with van der Waals surface area (Å²) in [5, 5.41) is 12.8. The Morgan fingerprint density at radius 1 is 1.19 bits per heavy atom. The van der Waals surface area contributed by atoms with E-state index in [1.54, 1.807) is 44.2 Å². The number of carboxylic acids is 1. The van der Waals surface area contributed by atoms with Crippen molar-refractivity contribution in [1.82, 2.24) is 0 Å². The van der Waals surface area contributed by atoms with Crippen LogP contribution in [0.4, 0.5) is 5.00 Å². The minimum Gasteiger partial charge on any atom is -0.481 e. The van der Waals surface area contributed by atoms with Gasteiger partial charge in [-0.2, -0.15) is 0 Å². The number of carbonyl (C=O) groups is 3. The number of esters is 1. The molecule has 0 spiro atoms. The van der Waals surface area contributed by atoms with Crippen molar-refractivity contribution >= 4 is 34.2 Å². The maximum absolute atomic E-state index is 12.6. The largest absolute Gasteiger partial charge is 0.481 e. The van der Waals surface area contributed by atoms with Gasteiger partial charge in [-0.1, -0.05) is 30.3 Å². The molecule has 0 fully saturated rings. The average molecular weight is 389 g/mol. The van der Waals surface area contributed by atoms with Crippen LogP contribution >= 0.6 is 11.3 Å². The standard InChI is InChI=1S/C20H23NO5S/c1-5-26-18(23)16-12(2)13(3)27-17(16)21-15(22)11-20(4,19(24)25)14-9-7-6-8-10-14/h6-10H,5,11H2,1-4H3,(H,21,22)(H,24,25)/t20-/m0/s1. The number of hydrogen-bond acceptors (Lipinski definition) is 5. The third-order valence-corrected chi connectivity index (χ3v) is 5.64. The zero-order chi connectivity index (χ0) is 20.2. The van der Waals surface area contributed by atoms with Crippen molar-refractivity contribution in [2.75, 3.05) is 11.9 Å². The van der Waals surface area contributed by atoms with E-state index in [0.717, 1.165) is 10.4 Å². The first-order valence-electron chi connectivity index (χ1n) is 8.56. The van der Waals surface area contributed by atoms with Crippen molar-refractivity contribution < 1.29 is 24.2 Å². The molecule has 2 rings (SSSR count). The maximum atomic E-state index is 12.6. The van der Waals surface area contributed by atoms with Crippen LogP contribution in [0.15, 0.2) is 30.3 Å². The molecule has 1 heterocycles. The Bertz CT molecular complexity index is 859. The van der Waals surface area contributed by atoms with Gasteiger partial charge in [0.05, 0.1) is 17.6 Å². The zero-order valence-corrected chi connectivity index (χ0v) is 16.6. The molecule has 2 N–H and O–H groups in total. The lowest BCUT2D eigenvalue weighted by molar-refractivity contribution is -0.145. The summed E-state index contributed by atoms with van der Waals surface area (Å²) in [4.78, 5) is 37.6. The molecule has 0 saturated heterocycles. The summed E-state index contributed by atoms with van der Waals surface area (Å²) in [6.07, 6.45) is -0.259. The molecular formula is C20H23NO5S. The van der Waals surface area contributed by atoms with Gasteiger partial charge in [0.25, 0.3) is 0 Å². The molecule has 7 heteroatoms. The number of carboxylic acid groups (broad SMARTS) is 1. The number of hydrogen-bond donors (Lipinski definition) is 2. The Morgan fingerprint density at radius 2 is 1.81 bits per heavy atom. The lowest BCUT2D eigenvalue weighted by atomic mass is 9.79. The highest BCUT2D eigenvalue weighted by Crippen LogP contribution is 2.34. The highest BCUT2D eigenvalue weighted by molar-refractivity contribution is 7.16. The van der Waals surface area contributed by atoms with Gasteiger partial charge in [0, 0.05) is 11.3 Å². The number of nitrogens with one attached hydrogen (secondary N) is 1. The molecule has 0 radical (unpaired) electrons. The SMILES string of the molecule is CCOC(=O)c1c(NC(=O)C[C@](C)(C(=O)O)c2ccccc2)sc(C)c1C. The van der Waals surface area contributed by atoms with Crippen LogP contribution < -0.4 is 5.32 Å². The number of ether oxygens (including phenoxy) is 1. The summed E-state index contributed by atoms with van der Waals surface area (Å²) in [5.41, 5.74) is 0.232. The predicted octanol–water partition coefficient (Wildman–Crippen LogP) is 3.91. The molecule has 1 amide bonds. The summed E-state index contributed by atoms with van der Waals surface area (Å²) in [6, 6.07) is 8.63. The minimum absolute atomic E-state index is 0.228. The minimum atomic E-state index is -1.38. The van der Waals surface area contributed by atoms with Crippen molar-refractivity contribution in [2.45, 2.75) is 39.5 Å². The molecule has 1 atom stereocenters. The van der Waals surface area contributed by atoms with Crippen molar-refractivity contribution in [1.29, 1.82) is 0 Å². The lowest BCUT2D eigenvalue weighted by Crippen LogP contribution is -2.36. The van der Waals surface area contributed by atoms with Crippen molar-refractivity contribution in [3.05, 3.63) is 51.9 Å². The van der Waals surface area contributed by atoms with Crippen LogP contribution in [-0.2, 0) is 19.7 Å². The van der Waals surface area contributed by atoms with E-state index in [0.29, 0.717) is 16.1 Å². The molecular weight excluding hydrogens is 366 g/mol. The molecule has 0 aliphatic carbocycles. The smallest absolute Gasteiger partial charge is 0.341 e. The van der Waals surface area contributed by atoms with Gasteiger partial charge in [-0.3, -0.25) is 9.59 Å². The van der Waals surface area contributed by atoms with Crippen molar-refractivity contribution in [3.8, 4) is 0 Å². The third-order valence-electron chi connectivity index (χ3n) is 4.51. The first-order valence-corrected chi connectivity index (χ1v) is 9.38. The summed E-state index contributed by atoms with van der Waals surface area (Å²) in [7, 11) is 0. The van der Waals surface area contributed by atoms with E-state index in [1.807, 2.05) is 6.92 Å². The van der Waals surface area contributed by atoms with E-state index >= 15 is 0 Å². The maximum Gasteiger partial charge on any atom is 0.341 e. The predicted molar refractivity (Wildman–Crippen MR) is 104 cm³/mol. The monoisotopic (exact) mass is 389 g/mol. The Hall–Kier alpha value is -2.67. The number of thiophene rings is 1. The van der Waals surface area contributed by atoms with Gasteiger partial charge < -0.3 is 15.2 Å². The fourth-order valence-electron chi connectivity index (χ4n) is 2.76. The van der Waals surface area contributed by atoms with Crippen LogP contribution in [0, 0.1) is 13.8 Å². The van der Waals surface area contributed by atoms with Crippen LogP contribution in [0.2, 0.25) is 0 Å². The molecule has 2 aromatic rings. The highest BCUT2D eigenvalue weighted by atomic mass is 32.1. The summed E-state index contributed by atoms with van der Waals surface area (Å²) < 4.78 is 5.08. The molecule has 0 aliphatic heterocycles. The van der Waals surface area contributed by atoms with Crippen LogP contribution in [0.3, 0.4) is 0 Å². The number of amides is 1. The van der Waals surface area contributed by atoms with Gasteiger partial charge >= 0.3 is 11.9 Å². The van der Waals surface area contributed by atoms with E-state index in [2.05, 4.69) is 5.32 Å². The number of aryl methyl sites for hydroxylation is 1. The Balaban J connectivity index is 2.28. The van der Waals surface area contributed by atoms with Gasteiger partial charge in [-0.25, -0.2) is 4.79 Å². The third kappa shape index (κ3) is 4.36. The highest BCUT2D eigenvalue weighted by Gasteiger charge is 2.38. The van der Waals surface area contributed by atoms with E-state index in [9.17, 15) is 19.5 Å². The molecule has 1 aromatic heterocycles. The first kappa shape index (κ1) is 20.6. The van der Waals surface area contributed by atoms with E-state index in [4.69, 9.17) is 4.74 Å². The van der Waals surface area contributed by atoms with Crippen LogP contribution in [0.25, 0.3) is 0 Å². The van der Waals surface area contributed by atoms with E-state index in [1.165, 1.54) is 18.3 Å². The fraction of sp³-hybridized carbons (Fsp3) is 0.350. The second-order valence-corrected chi connectivity index (χ2v) is 7.66. The van der Waals surface area contributed by atoms with Crippen LogP contribution in [-0.4, -0.2) is 29.6 Å². The molecule has 0 saturated carbocycles. The van der Waals surface area contributed by atoms with Gasteiger partial charge in [0.2, 0.25) is 5.91 Å². The fourth-order valence-corrected chi connectivity index (χ4v) is 3.83. The number of aliphatic carboxylic acids is 1. The molecule has 0 unspecified atom stereocenters. The quantitative estimate of drug-likeness (QED) is 0.700. The Morgan fingerprint density at radius 3 is 2.37 bits per heavy atom. The second-order valence-electron chi connectivity index (χ2n) is 6.44. The molecule has 6 nitrogen and oxygen atoms in total. The summed E-state index contributed by atoms with van der Waals surface area (Å²) >= 11 is 1.27. The topological polar surface area (TPSA) is 92.7 Å². The number of anilines is 1. The second kappa shape index (κ2) is 8.35. The normalized spacial score (nSPS) is 12.9. The molecule has 27 heavy (non-hydrogen) atoms. The lowest BCUT2D eigenvalue weighted by Gasteiger charge is -2.24. The summed E-state index contributed by atoms with van der Waals surface area (Å²) in [6.45, 7) is 7.10. The van der Waals surface area contributed by atoms with Gasteiger partial charge in [-0.05, 0) is 38.8 Å². The molecule has 144 valence electrons. The number of carbonyl (C=O) groups excluding carboxylic acids is 2. The van der Waals surface area contributed by atoms with E-state index in [-0.39, 0.29) is 13.0 Å². The van der Waals surface area contributed by atoms with Gasteiger partial charge in [0.15, 0.2) is 0 Å². The Labute approximate surface area is 162 Å². The van der Waals surface area contributed by atoms with E-state index < -0.39 is 23.3 Å². The molecule has 1 aromatic carbocycles. The van der Waals surface area contributed by atoms with Crippen LogP contribution in [0.1, 0.15) is 46.6 Å². The van der Waals surface area contributed by atoms with Gasteiger partial charge in [-0.15, -0.1) is 11.3 Å². The summed E-state index contributed by atoms with van der Waals surface area (Å²) in [5.74, 6) is -2.07. The first-order chi connectivity index (χ1) is 12.7. The number of rotatable bonds is 7. The molecule has 0 aliphatic rings. The van der Waals surface area contributed by atoms with Gasteiger partial charge in [0.1, 0.15) is 5.00 Å². The van der Waals surface area contributed by atoms with Crippen LogP contribution in [0.5, 0.6) is 0 Å². The van der Waals surface area contributed by atoms with Crippen molar-refractivity contribution in [2.24, 2.45) is 0 Å². The Kier molecular flexibility index (Phi) is 6.38.